The second-order valence-electron chi connectivity index (χ2n) is 5.78. The Kier molecular flexibility index (Phi) is 3.67. The summed E-state index contributed by atoms with van der Waals surface area (Å²) in [6.45, 7) is 8.28. The van der Waals surface area contributed by atoms with Crippen LogP contribution in [0.25, 0.3) is 0 Å². The van der Waals surface area contributed by atoms with Crippen LogP contribution in [-0.2, 0) is 19.5 Å². The molecule has 1 fully saturated rings. The lowest BCUT2D eigenvalue weighted by molar-refractivity contribution is 0.313. The maximum atomic E-state index is 3.46. The molecule has 1 atom stereocenters. The van der Waals surface area contributed by atoms with Crippen LogP contribution in [0.15, 0.2) is 18.2 Å². The minimum absolute atomic E-state index is 0.936. The van der Waals surface area contributed by atoms with E-state index in [0.717, 1.165) is 19.0 Å². The summed E-state index contributed by atoms with van der Waals surface area (Å²) < 4.78 is 0. The number of nitrogens with zero attached hydrogens (tertiary/aromatic N) is 1. The molecule has 1 aromatic carbocycles. The van der Waals surface area contributed by atoms with Gasteiger partial charge in [0.15, 0.2) is 0 Å². The zero-order chi connectivity index (χ0) is 12.4. The van der Waals surface area contributed by atoms with Crippen molar-refractivity contribution in [3.8, 4) is 0 Å². The largest absolute Gasteiger partial charge is 0.312 e. The number of likely N-dealkylation sites (tertiary alicyclic amines) is 1. The lowest BCUT2D eigenvalue weighted by Crippen LogP contribution is -2.27. The summed E-state index contributed by atoms with van der Waals surface area (Å²) >= 11 is 0. The van der Waals surface area contributed by atoms with Gasteiger partial charge in [0.25, 0.3) is 0 Å². The maximum absolute atomic E-state index is 3.46. The third-order valence-electron chi connectivity index (χ3n) is 4.58. The predicted octanol–water partition coefficient (Wildman–Crippen LogP) is 2.56. The second kappa shape index (κ2) is 5.41. The topological polar surface area (TPSA) is 15.3 Å². The quantitative estimate of drug-likeness (QED) is 0.879. The van der Waals surface area contributed by atoms with Gasteiger partial charge in [0.2, 0.25) is 0 Å². The van der Waals surface area contributed by atoms with Gasteiger partial charge in [0, 0.05) is 19.6 Å². The van der Waals surface area contributed by atoms with Crippen LogP contribution in [0.1, 0.15) is 36.5 Å². The number of fused-ring (bicyclic) bond motifs is 1. The van der Waals surface area contributed by atoms with Gasteiger partial charge < -0.3 is 5.32 Å². The van der Waals surface area contributed by atoms with E-state index in [9.17, 15) is 0 Å². The Balaban J connectivity index is 1.73. The lowest BCUT2D eigenvalue weighted by Gasteiger charge is -2.23. The summed E-state index contributed by atoms with van der Waals surface area (Å²) in [5.74, 6) is 0.936. The average Bonchev–Trinajstić information content (AvgIpc) is 2.87. The fourth-order valence-corrected chi connectivity index (χ4v) is 3.39. The Bertz CT molecular complexity index is 414. The summed E-state index contributed by atoms with van der Waals surface area (Å²) in [4.78, 5) is 2.64. The number of hydrogen-bond donors (Lipinski definition) is 1. The molecule has 0 amide bonds. The molecule has 2 heterocycles. The molecule has 2 heteroatoms. The zero-order valence-electron chi connectivity index (χ0n) is 11.4. The minimum atomic E-state index is 0.936. The van der Waals surface area contributed by atoms with Crippen LogP contribution < -0.4 is 5.32 Å². The monoisotopic (exact) mass is 244 g/mol. The molecule has 1 aromatic rings. The van der Waals surface area contributed by atoms with Crippen LogP contribution >= 0.6 is 0 Å². The molecule has 18 heavy (non-hydrogen) atoms. The number of benzene rings is 1. The smallest absolute Gasteiger partial charge is 0.0236 e. The molecule has 0 radical (unpaired) electrons. The van der Waals surface area contributed by atoms with Gasteiger partial charge in [-0.25, -0.2) is 0 Å². The SMILES string of the molecule is CCC1CCN(Cc2cccc3c2CCNC3)C1. The van der Waals surface area contributed by atoms with Crippen molar-refractivity contribution >= 4 is 0 Å². The van der Waals surface area contributed by atoms with Gasteiger partial charge in [-0.2, -0.15) is 0 Å². The molecular weight excluding hydrogens is 220 g/mol. The Morgan fingerprint density at radius 2 is 2.33 bits per heavy atom. The first kappa shape index (κ1) is 12.2. The van der Waals surface area contributed by atoms with Crippen LogP contribution in [-0.4, -0.2) is 24.5 Å². The van der Waals surface area contributed by atoms with E-state index >= 15 is 0 Å². The molecule has 2 nitrogen and oxygen atoms in total. The summed E-state index contributed by atoms with van der Waals surface area (Å²) in [5, 5.41) is 3.46. The molecule has 0 aliphatic carbocycles. The molecular formula is C16H24N2. The zero-order valence-corrected chi connectivity index (χ0v) is 11.4. The van der Waals surface area contributed by atoms with Crippen molar-refractivity contribution in [1.82, 2.24) is 10.2 Å². The van der Waals surface area contributed by atoms with Gasteiger partial charge in [-0.3, -0.25) is 4.90 Å². The van der Waals surface area contributed by atoms with Crippen molar-refractivity contribution in [2.45, 2.75) is 39.3 Å². The van der Waals surface area contributed by atoms with Crippen LogP contribution in [0.5, 0.6) is 0 Å². The third-order valence-corrected chi connectivity index (χ3v) is 4.58. The maximum Gasteiger partial charge on any atom is 0.0236 e. The van der Waals surface area contributed by atoms with Gasteiger partial charge in [0.1, 0.15) is 0 Å². The number of nitrogens with one attached hydrogen (secondary N) is 1. The molecule has 98 valence electrons. The second-order valence-corrected chi connectivity index (χ2v) is 5.78. The van der Waals surface area contributed by atoms with E-state index in [1.807, 2.05) is 0 Å². The van der Waals surface area contributed by atoms with E-state index in [4.69, 9.17) is 0 Å². The molecule has 2 aliphatic heterocycles. The predicted molar refractivity (Wildman–Crippen MR) is 75.5 cm³/mol. The summed E-state index contributed by atoms with van der Waals surface area (Å²) in [6.07, 6.45) is 3.94. The molecule has 0 saturated carbocycles. The van der Waals surface area contributed by atoms with Crippen LogP contribution in [0.3, 0.4) is 0 Å². The van der Waals surface area contributed by atoms with Gasteiger partial charge in [-0.05, 0) is 48.5 Å². The molecule has 1 saturated heterocycles. The summed E-state index contributed by atoms with van der Waals surface area (Å²) in [6, 6.07) is 6.85. The number of rotatable bonds is 3. The fourth-order valence-electron chi connectivity index (χ4n) is 3.39. The highest BCUT2D eigenvalue weighted by Crippen LogP contribution is 2.24. The van der Waals surface area contributed by atoms with Crippen LogP contribution in [0, 0.1) is 5.92 Å². The van der Waals surface area contributed by atoms with Crippen molar-refractivity contribution in [1.29, 1.82) is 0 Å². The summed E-state index contributed by atoms with van der Waals surface area (Å²) in [5.41, 5.74) is 4.71. The first-order valence-electron chi connectivity index (χ1n) is 7.39. The molecule has 0 aromatic heterocycles. The molecule has 1 unspecified atom stereocenters. The highest BCUT2D eigenvalue weighted by atomic mass is 15.1. The normalized spacial score (nSPS) is 24.2. The first-order chi connectivity index (χ1) is 8.86. The van der Waals surface area contributed by atoms with Gasteiger partial charge in [-0.1, -0.05) is 31.5 Å². The van der Waals surface area contributed by atoms with Crippen LogP contribution in [0.4, 0.5) is 0 Å². The van der Waals surface area contributed by atoms with Crippen molar-refractivity contribution < 1.29 is 0 Å². The van der Waals surface area contributed by atoms with E-state index in [2.05, 4.69) is 35.3 Å². The van der Waals surface area contributed by atoms with E-state index in [0.29, 0.717) is 0 Å². The van der Waals surface area contributed by atoms with Crippen LogP contribution in [0.2, 0.25) is 0 Å². The van der Waals surface area contributed by atoms with E-state index in [1.165, 1.54) is 44.5 Å². The minimum Gasteiger partial charge on any atom is -0.312 e. The molecule has 0 spiro atoms. The molecule has 3 rings (SSSR count). The summed E-state index contributed by atoms with van der Waals surface area (Å²) in [7, 11) is 0. The molecule has 1 N–H and O–H groups in total. The van der Waals surface area contributed by atoms with Crippen molar-refractivity contribution in [3.63, 3.8) is 0 Å². The fraction of sp³-hybridized carbons (Fsp3) is 0.625. The Morgan fingerprint density at radius 3 is 3.17 bits per heavy atom. The standard InChI is InChI=1S/C16H24N2/c1-2-13-7-9-18(11-13)12-15-5-3-4-14-10-17-8-6-16(14)15/h3-5,13,17H,2,6-12H2,1H3. The Morgan fingerprint density at radius 1 is 1.39 bits per heavy atom. The van der Waals surface area contributed by atoms with Gasteiger partial charge in [-0.15, -0.1) is 0 Å². The highest BCUT2D eigenvalue weighted by Gasteiger charge is 2.22. The molecule has 2 aliphatic rings. The number of hydrogen-bond acceptors (Lipinski definition) is 2. The van der Waals surface area contributed by atoms with E-state index in [-0.39, 0.29) is 0 Å². The van der Waals surface area contributed by atoms with Gasteiger partial charge >= 0.3 is 0 Å². The highest BCUT2D eigenvalue weighted by molar-refractivity contribution is 5.37. The van der Waals surface area contributed by atoms with E-state index in [1.54, 1.807) is 11.1 Å². The van der Waals surface area contributed by atoms with Crippen molar-refractivity contribution in [2.75, 3.05) is 19.6 Å². The van der Waals surface area contributed by atoms with E-state index < -0.39 is 0 Å². The first-order valence-corrected chi connectivity index (χ1v) is 7.39. The molecule has 0 bridgehead atoms. The Labute approximate surface area is 110 Å². The van der Waals surface area contributed by atoms with Crippen molar-refractivity contribution in [3.05, 3.63) is 34.9 Å². The van der Waals surface area contributed by atoms with Crippen molar-refractivity contribution in [2.24, 2.45) is 5.92 Å². The van der Waals surface area contributed by atoms with Gasteiger partial charge in [0.05, 0.1) is 0 Å². The lowest BCUT2D eigenvalue weighted by atomic mass is 9.95. The average molecular weight is 244 g/mol. The Hall–Kier alpha value is -0.860. The third kappa shape index (κ3) is 2.45.